The van der Waals surface area contributed by atoms with E-state index in [1.165, 1.54) is 4.90 Å². The molecule has 1 aliphatic heterocycles. The molecular formula is C17H33NO4Si. The molecule has 1 heterocycles. The van der Waals surface area contributed by atoms with E-state index in [0.717, 1.165) is 6.42 Å². The minimum absolute atomic E-state index is 0.150. The monoisotopic (exact) mass is 343 g/mol. The Morgan fingerprint density at radius 1 is 1.22 bits per heavy atom. The predicted molar refractivity (Wildman–Crippen MR) is 93.8 cm³/mol. The fourth-order valence-corrected chi connectivity index (χ4v) is 3.17. The van der Waals surface area contributed by atoms with E-state index in [4.69, 9.17) is 9.16 Å². The number of carbonyl (C=O) groups is 2. The molecule has 0 bridgehead atoms. The predicted octanol–water partition coefficient (Wildman–Crippen LogP) is 4.18. The van der Waals surface area contributed by atoms with Gasteiger partial charge in [0.05, 0.1) is 0 Å². The highest BCUT2D eigenvalue weighted by molar-refractivity contribution is 6.74. The van der Waals surface area contributed by atoms with Crippen LogP contribution in [0.3, 0.4) is 0 Å². The molecule has 0 radical (unpaired) electrons. The molecule has 1 unspecified atom stereocenters. The highest BCUT2D eigenvalue weighted by Crippen LogP contribution is 2.37. The van der Waals surface area contributed by atoms with E-state index < -0.39 is 20.0 Å². The maximum absolute atomic E-state index is 12.2. The lowest BCUT2D eigenvalue weighted by Gasteiger charge is -2.39. The third-order valence-electron chi connectivity index (χ3n) is 4.61. The molecule has 0 aromatic rings. The number of likely N-dealkylation sites (tertiary alicyclic amines) is 1. The highest BCUT2D eigenvalue weighted by atomic mass is 28.4. The average molecular weight is 344 g/mol. The molecule has 1 saturated heterocycles. The minimum Gasteiger partial charge on any atom is -0.443 e. The molecule has 1 atom stereocenters. The second-order valence-corrected chi connectivity index (χ2v) is 13.8. The van der Waals surface area contributed by atoms with Crippen LogP contribution >= 0.6 is 0 Å². The SMILES string of the molecule is CC(C)(C)OC(=O)N1CC(CO[Si](C)(C)C(C)(C)C)CCC1=O. The van der Waals surface area contributed by atoms with Gasteiger partial charge in [0.15, 0.2) is 8.32 Å². The van der Waals surface area contributed by atoms with E-state index in [2.05, 4.69) is 33.9 Å². The van der Waals surface area contributed by atoms with Crippen molar-refractivity contribution in [3.8, 4) is 0 Å². The van der Waals surface area contributed by atoms with Crippen LogP contribution in [0.2, 0.25) is 18.1 Å². The zero-order valence-electron chi connectivity index (χ0n) is 16.0. The molecule has 0 N–H and O–H groups in total. The first-order valence-corrected chi connectivity index (χ1v) is 11.3. The summed E-state index contributed by atoms with van der Waals surface area (Å²) in [4.78, 5) is 25.4. The molecule has 134 valence electrons. The molecule has 6 heteroatoms. The van der Waals surface area contributed by atoms with E-state index >= 15 is 0 Å². The molecule has 23 heavy (non-hydrogen) atoms. The highest BCUT2D eigenvalue weighted by Gasteiger charge is 2.39. The molecule has 5 nitrogen and oxygen atoms in total. The molecule has 0 aromatic carbocycles. The number of piperidine rings is 1. The van der Waals surface area contributed by atoms with Crippen molar-refractivity contribution in [1.29, 1.82) is 0 Å². The van der Waals surface area contributed by atoms with Gasteiger partial charge in [0.2, 0.25) is 5.91 Å². The first-order valence-electron chi connectivity index (χ1n) is 8.40. The van der Waals surface area contributed by atoms with Gasteiger partial charge in [-0.1, -0.05) is 20.8 Å². The van der Waals surface area contributed by atoms with E-state index in [1.54, 1.807) is 20.8 Å². The van der Waals surface area contributed by atoms with Crippen LogP contribution in [-0.4, -0.2) is 44.0 Å². The first-order chi connectivity index (χ1) is 10.2. The summed E-state index contributed by atoms with van der Waals surface area (Å²) < 4.78 is 11.6. The number of ether oxygens (including phenoxy) is 1. The Morgan fingerprint density at radius 2 is 1.78 bits per heavy atom. The van der Waals surface area contributed by atoms with Crippen molar-refractivity contribution >= 4 is 20.3 Å². The molecule has 0 aliphatic carbocycles. The van der Waals surface area contributed by atoms with Crippen LogP contribution in [0.15, 0.2) is 0 Å². The standard InChI is InChI=1S/C17H33NO4Si/c1-16(2,3)22-15(20)18-11-13(9-10-14(18)19)12-21-23(7,8)17(4,5)6/h13H,9-12H2,1-8H3. The largest absolute Gasteiger partial charge is 0.443 e. The van der Waals surface area contributed by atoms with Crippen molar-refractivity contribution in [2.45, 2.75) is 78.1 Å². The van der Waals surface area contributed by atoms with Crippen LogP contribution in [0.1, 0.15) is 54.4 Å². The van der Waals surface area contributed by atoms with Gasteiger partial charge in [0, 0.05) is 19.6 Å². The van der Waals surface area contributed by atoms with Gasteiger partial charge in [-0.25, -0.2) is 9.69 Å². The van der Waals surface area contributed by atoms with E-state index in [0.29, 0.717) is 19.6 Å². The zero-order chi connectivity index (χ0) is 18.1. The molecule has 1 rings (SSSR count). The van der Waals surface area contributed by atoms with E-state index in [-0.39, 0.29) is 16.9 Å². The average Bonchev–Trinajstić information content (AvgIpc) is 2.34. The van der Waals surface area contributed by atoms with Gasteiger partial charge in [-0.15, -0.1) is 0 Å². The minimum atomic E-state index is -1.81. The molecule has 1 aliphatic rings. The Hall–Kier alpha value is -0.883. The summed E-state index contributed by atoms with van der Waals surface area (Å²) in [5, 5.41) is 0.155. The number of carbonyl (C=O) groups excluding carboxylic acids is 2. The fourth-order valence-electron chi connectivity index (χ4n) is 2.09. The summed E-state index contributed by atoms with van der Waals surface area (Å²) in [6, 6.07) is 0. The van der Waals surface area contributed by atoms with Gasteiger partial charge >= 0.3 is 6.09 Å². The Balaban J connectivity index is 2.64. The lowest BCUT2D eigenvalue weighted by atomic mass is 9.99. The summed E-state index contributed by atoms with van der Waals surface area (Å²) in [6.07, 6.45) is 0.608. The zero-order valence-corrected chi connectivity index (χ0v) is 17.0. The molecule has 2 amide bonds. The normalized spacial score (nSPS) is 20.6. The molecule has 1 fully saturated rings. The van der Waals surface area contributed by atoms with Crippen LogP contribution in [0.4, 0.5) is 4.79 Å². The number of nitrogens with zero attached hydrogens (tertiary/aromatic N) is 1. The number of amides is 2. The first kappa shape index (κ1) is 20.2. The molecule has 0 spiro atoms. The Bertz CT molecular complexity index is 448. The van der Waals surface area contributed by atoms with Crippen LogP contribution in [0, 0.1) is 5.92 Å². The van der Waals surface area contributed by atoms with Crippen LogP contribution in [0.25, 0.3) is 0 Å². The molecule has 0 saturated carbocycles. The van der Waals surface area contributed by atoms with Crippen molar-refractivity contribution in [2.24, 2.45) is 5.92 Å². The maximum Gasteiger partial charge on any atom is 0.417 e. The fraction of sp³-hybridized carbons (Fsp3) is 0.882. The van der Waals surface area contributed by atoms with Crippen LogP contribution < -0.4 is 0 Å². The van der Waals surface area contributed by atoms with Crippen molar-refractivity contribution in [3.63, 3.8) is 0 Å². The van der Waals surface area contributed by atoms with Gasteiger partial charge in [-0.3, -0.25) is 4.79 Å². The molecular weight excluding hydrogens is 310 g/mol. The van der Waals surface area contributed by atoms with Crippen molar-refractivity contribution < 1.29 is 18.8 Å². The summed E-state index contributed by atoms with van der Waals surface area (Å²) in [5.41, 5.74) is -0.595. The van der Waals surface area contributed by atoms with Crippen molar-refractivity contribution in [2.75, 3.05) is 13.2 Å². The summed E-state index contributed by atoms with van der Waals surface area (Å²) in [7, 11) is -1.81. The quantitative estimate of drug-likeness (QED) is 0.721. The second kappa shape index (κ2) is 6.93. The topological polar surface area (TPSA) is 55.8 Å². The van der Waals surface area contributed by atoms with Gasteiger partial charge in [0.1, 0.15) is 5.60 Å². The molecule has 0 aromatic heterocycles. The van der Waals surface area contributed by atoms with Gasteiger partial charge < -0.3 is 9.16 Å². The van der Waals surface area contributed by atoms with E-state index in [1.807, 2.05) is 0 Å². The maximum atomic E-state index is 12.2. The third-order valence-corrected chi connectivity index (χ3v) is 9.11. The van der Waals surface area contributed by atoms with E-state index in [9.17, 15) is 9.59 Å². The lowest BCUT2D eigenvalue weighted by molar-refractivity contribution is -0.134. The van der Waals surface area contributed by atoms with Crippen LogP contribution in [-0.2, 0) is 14.0 Å². The summed E-state index contributed by atoms with van der Waals surface area (Å²) in [6.45, 7) is 17.4. The number of rotatable bonds is 3. The third kappa shape index (κ3) is 5.92. The second-order valence-electron chi connectivity index (χ2n) is 8.96. The smallest absolute Gasteiger partial charge is 0.417 e. The number of hydrogen-bond acceptors (Lipinski definition) is 4. The Labute approximate surface area is 141 Å². The lowest BCUT2D eigenvalue weighted by Crippen LogP contribution is -2.48. The van der Waals surface area contributed by atoms with Gasteiger partial charge in [-0.05, 0) is 51.2 Å². The van der Waals surface area contributed by atoms with Crippen molar-refractivity contribution in [3.05, 3.63) is 0 Å². The summed E-state index contributed by atoms with van der Waals surface area (Å²) >= 11 is 0. The van der Waals surface area contributed by atoms with Crippen molar-refractivity contribution in [1.82, 2.24) is 4.90 Å². The number of hydrogen-bond donors (Lipinski definition) is 0. The number of imide groups is 1. The Morgan fingerprint density at radius 3 is 2.26 bits per heavy atom. The summed E-state index contributed by atoms with van der Waals surface area (Å²) in [5.74, 6) is 0.0390. The Kier molecular flexibility index (Phi) is 6.07. The van der Waals surface area contributed by atoms with Crippen LogP contribution in [0.5, 0.6) is 0 Å². The van der Waals surface area contributed by atoms with Gasteiger partial charge in [-0.2, -0.15) is 0 Å². The van der Waals surface area contributed by atoms with Gasteiger partial charge in [0.25, 0.3) is 0 Å².